The van der Waals surface area contributed by atoms with E-state index in [0.29, 0.717) is 6.61 Å². The molecular formula is C13H17F3N2O4S. The third-order valence-electron chi connectivity index (χ3n) is 3.53. The van der Waals surface area contributed by atoms with E-state index >= 15 is 0 Å². The van der Waals surface area contributed by atoms with Crippen molar-refractivity contribution in [3.8, 4) is 5.88 Å². The second-order valence-corrected chi connectivity index (χ2v) is 6.75. The Hall–Kier alpha value is -1.39. The predicted octanol–water partition coefficient (Wildman–Crippen LogP) is 1.87. The summed E-state index contributed by atoms with van der Waals surface area (Å²) in [5.74, 6) is 0.197. The lowest BCUT2D eigenvalue weighted by Crippen LogP contribution is -2.61. The molecule has 0 atom stereocenters. The van der Waals surface area contributed by atoms with Crippen molar-refractivity contribution in [2.45, 2.75) is 36.4 Å². The number of nitrogens with one attached hydrogen (secondary N) is 1. The maximum atomic E-state index is 13.4. The molecule has 23 heavy (non-hydrogen) atoms. The fourth-order valence-electron chi connectivity index (χ4n) is 2.24. The SMILES string of the molecule is CCOc1ccc(S(=O)(=O)NC2(C(F)(F)F)CCOCC2)cn1. The molecule has 1 fully saturated rings. The van der Waals surface area contributed by atoms with Crippen LogP contribution < -0.4 is 9.46 Å². The Labute approximate surface area is 132 Å². The molecular weight excluding hydrogens is 337 g/mol. The minimum absolute atomic E-state index is 0.163. The van der Waals surface area contributed by atoms with Crippen LogP contribution in [0.25, 0.3) is 0 Å². The normalized spacial score (nSPS) is 18.6. The van der Waals surface area contributed by atoms with E-state index < -0.39 is 34.6 Å². The van der Waals surface area contributed by atoms with Gasteiger partial charge < -0.3 is 9.47 Å². The van der Waals surface area contributed by atoms with Gasteiger partial charge in [0.15, 0.2) is 0 Å². The summed E-state index contributed by atoms with van der Waals surface area (Å²) in [5.41, 5.74) is -2.53. The highest BCUT2D eigenvalue weighted by Crippen LogP contribution is 2.39. The van der Waals surface area contributed by atoms with E-state index in [1.807, 2.05) is 0 Å². The standard InChI is InChI=1S/C13H17F3N2O4S/c1-2-22-11-4-3-10(9-17-11)23(19,20)18-12(13(14,15)16)5-7-21-8-6-12/h3-4,9,18H,2,5-8H2,1H3. The Morgan fingerprint density at radius 2 is 2.00 bits per heavy atom. The van der Waals surface area contributed by atoms with Crippen LogP contribution in [0.4, 0.5) is 13.2 Å². The molecule has 1 saturated heterocycles. The van der Waals surface area contributed by atoms with Gasteiger partial charge in [0.25, 0.3) is 0 Å². The van der Waals surface area contributed by atoms with E-state index in [1.54, 1.807) is 11.6 Å². The molecule has 10 heteroatoms. The van der Waals surface area contributed by atoms with Crippen LogP contribution in [0.15, 0.2) is 23.2 Å². The van der Waals surface area contributed by atoms with E-state index in [1.165, 1.54) is 6.07 Å². The zero-order valence-corrected chi connectivity index (χ0v) is 13.2. The van der Waals surface area contributed by atoms with Gasteiger partial charge in [-0.2, -0.15) is 17.9 Å². The van der Waals surface area contributed by atoms with Gasteiger partial charge in [0.1, 0.15) is 10.4 Å². The Kier molecular flexibility index (Phi) is 5.17. The molecule has 2 heterocycles. The number of nitrogens with zero attached hydrogens (tertiary/aromatic N) is 1. The van der Waals surface area contributed by atoms with Gasteiger partial charge >= 0.3 is 6.18 Å². The average molecular weight is 354 g/mol. The number of ether oxygens (including phenoxy) is 2. The molecule has 130 valence electrons. The highest BCUT2D eigenvalue weighted by atomic mass is 32.2. The van der Waals surface area contributed by atoms with Gasteiger partial charge in [0.05, 0.1) is 12.8 Å². The van der Waals surface area contributed by atoms with Crippen LogP contribution in [0, 0.1) is 0 Å². The minimum Gasteiger partial charge on any atom is -0.478 e. The van der Waals surface area contributed by atoms with Crippen LogP contribution in [0.5, 0.6) is 5.88 Å². The lowest BCUT2D eigenvalue weighted by atomic mass is 9.91. The average Bonchev–Trinajstić information content (AvgIpc) is 2.47. The molecule has 1 aliphatic rings. The number of alkyl halides is 3. The summed E-state index contributed by atoms with van der Waals surface area (Å²) in [5, 5.41) is 0. The summed E-state index contributed by atoms with van der Waals surface area (Å²) in [6.45, 7) is 1.74. The second kappa shape index (κ2) is 6.62. The summed E-state index contributed by atoms with van der Waals surface area (Å²) in [6.07, 6.45) is -4.69. The van der Waals surface area contributed by atoms with E-state index in [0.717, 1.165) is 12.3 Å². The molecule has 0 aromatic carbocycles. The fraction of sp³-hybridized carbons (Fsp3) is 0.615. The molecule has 0 aliphatic carbocycles. The second-order valence-electron chi connectivity index (χ2n) is 5.06. The lowest BCUT2D eigenvalue weighted by molar-refractivity contribution is -0.210. The summed E-state index contributed by atoms with van der Waals surface area (Å²) in [6, 6.07) is 2.45. The van der Waals surface area contributed by atoms with Crippen LogP contribution in [0.2, 0.25) is 0 Å². The molecule has 1 aromatic rings. The van der Waals surface area contributed by atoms with Crippen molar-refractivity contribution in [2.75, 3.05) is 19.8 Å². The van der Waals surface area contributed by atoms with Crippen molar-refractivity contribution in [2.24, 2.45) is 0 Å². The van der Waals surface area contributed by atoms with Crippen molar-refractivity contribution in [3.05, 3.63) is 18.3 Å². The van der Waals surface area contributed by atoms with Crippen LogP contribution in [-0.2, 0) is 14.8 Å². The molecule has 0 unspecified atom stereocenters. The zero-order chi connectivity index (χ0) is 17.1. The third-order valence-corrected chi connectivity index (χ3v) is 5.05. The molecule has 1 aromatic heterocycles. The van der Waals surface area contributed by atoms with E-state index in [2.05, 4.69) is 4.98 Å². The summed E-state index contributed by atoms with van der Waals surface area (Å²) < 4.78 is 76.5. The van der Waals surface area contributed by atoms with E-state index in [-0.39, 0.29) is 24.0 Å². The van der Waals surface area contributed by atoms with Gasteiger partial charge in [0.2, 0.25) is 15.9 Å². The van der Waals surface area contributed by atoms with Crippen molar-refractivity contribution < 1.29 is 31.1 Å². The van der Waals surface area contributed by atoms with Crippen molar-refractivity contribution in [3.63, 3.8) is 0 Å². The molecule has 0 radical (unpaired) electrons. The van der Waals surface area contributed by atoms with Gasteiger partial charge in [-0.25, -0.2) is 13.4 Å². The monoisotopic (exact) mass is 354 g/mol. The first-order valence-electron chi connectivity index (χ1n) is 6.97. The largest absolute Gasteiger partial charge is 0.478 e. The van der Waals surface area contributed by atoms with Crippen LogP contribution in [0.1, 0.15) is 19.8 Å². The molecule has 0 spiro atoms. The molecule has 1 aliphatic heterocycles. The predicted molar refractivity (Wildman–Crippen MR) is 74.6 cm³/mol. The van der Waals surface area contributed by atoms with E-state index in [9.17, 15) is 21.6 Å². The maximum absolute atomic E-state index is 13.4. The number of pyridine rings is 1. The number of rotatable bonds is 5. The molecule has 2 rings (SSSR count). The third kappa shape index (κ3) is 3.93. The molecule has 1 N–H and O–H groups in total. The first-order valence-corrected chi connectivity index (χ1v) is 8.46. The smallest absolute Gasteiger partial charge is 0.407 e. The maximum Gasteiger partial charge on any atom is 0.407 e. The molecule has 0 amide bonds. The van der Waals surface area contributed by atoms with Gasteiger partial charge in [-0.15, -0.1) is 0 Å². The van der Waals surface area contributed by atoms with Crippen molar-refractivity contribution in [1.82, 2.24) is 9.71 Å². The van der Waals surface area contributed by atoms with Gasteiger partial charge in [-0.05, 0) is 25.8 Å². The van der Waals surface area contributed by atoms with Crippen LogP contribution in [-0.4, -0.2) is 44.9 Å². The Morgan fingerprint density at radius 3 is 2.48 bits per heavy atom. The van der Waals surface area contributed by atoms with Crippen molar-refractivity contribution in [1.29, 1.82) is 0 Å². The minimum atomic E-state index is -4.72. The highest BCUT2D eigenvalue weighted by molar-refractivity contribution is 7.89. The summed E-state index contributed by atoms with van der Waals surface area (Å²) in [4.78, 5) is 3.41. The van der Waals surface area contributed by atoms with E-state index in [4.69, 9.17) is 9.47 Å². The Bertz CT molecular complexity index is 626. The summed E-state index contributed by atoms with van der Waals surface area (Å²) >= 11 is 0. The zero-order valence-electron chi connectivity index (χ0n) is 12.4. The van der Waals surface area contributed by atoms with Gasteiger partial charge in [-0.1, -0.05) is 0 Å². The highest BCUT2D eigenvalue weighted by Gasteiger charge is 2.57. The first-order chi connectivity index (χ1) is 10.7. The summed E-state index contributed by atoms with van der Waals surface area (Å²) in [7, 11) is -4.38. The fourth-order valence-corrected chi connectivity index (χ4v) is 3.63. The van der Waals surface area contributed by atoms with Crippen LogP contribution in [0.3, 0.4) is 0 Å². The lowest BCUT2D eigenvalue weighted by Gasteiger charge is -2.38. The Morgan fingerprint density at radius 1 is 1.35 bits per heavy atom. The Balaban J connectivity index is 2.27. The van der Waals surface area contributed by atoms with Gasteiger partial charge in [-0.3, -0.25) is 0 Å². The number of hydrogen-bond donors (Lipinski definition) is 1. The number of aromatic nitrogens is 1. The number of hydrogen-bond acceptors (Lipinski definition) is 5. The first kappa shape index (κ1) is 18.0. The number of halogens is 3. The van der Waals surface area contributed by atoms with Gasteiger partial charge in [0, 0.05) is 19.3 Å². The molecule has 0 bridgehead atoms. The topological polar surface area (TPSA) is 77.5 Å². The van der Waals surface area contributed by atoms with Crippen LogP contribution >= 0.6 is 0 Å². The molecule has 6 nitrogen and oxygen atoms in total. The number of sulfonamides is 1. The molecule has 0 saturated carbocycles. The van der Waals surface area contributed by atoms with Crippen molar-refractivity contribution >= 4 is 10.0 Å². The quantitative estimate of drug-likeness (QED) is 0.873.